The lowest BCUT2D eigenvalue weighted by molar-refractivity contribution is -0.167. The van der Waals surface area contributed by atoms with Crippen LogP contribution >= 0.6 is 0 Å². The summed E-state index contributed by atoms with van der Waals surface area (Å²) in [6.45, 7) is 6.49. The van der Waals surface area contributed by atoms with Crippen molar-refractivity contribution in [3.05, 3.63) is 60.8 Å². The summed E-state index contributed by atoms with van der Waals surface area (Å²) in [5.41, 5.74) is 0. The van der Waals surface area contributed by atoms with Crippen LogP contribution in [0.1, 0.15) is 310 Å². The largest absolute Gasteiger partial charge is 0.462 e. The van der Waals surface area contributed by atoms with Gasteiger partial charge >= 0.3 is 17.9 Å². The number of hydrogen-bond donors (Lipinski definition) is 0. The van der Waals surface area contributed by atoms with E-state index in [0.29, 0.717) is 19.3 Å². The molecule has 0 saturated heterocycles. The van der Waals surface area contributed by atoms with Gasteiger partial charge in [0.1, 0.15) is 13.2 Å². The molecule has 6 heteroatoms. The van der Waals surface area contributed by atoms with Gasteiger partial charge in [-0.3, -0.25) is 14.4 Å². The van der Waals surface area contributed by atoms with Crippen molar-refractivity contribution in [2.75, 3.05) is 13.2 Å². The van der Waals surface area contributed by atoms with Gasteiger partial charge in [-0.1, -0.05) is 274 Å². The molecule has 1 atom stereocenters. The Hall–Kier alpha value is -2.89. The Morgan fingerprint density at radius 3 is 0.929 bits per heavy atom. The molecule has 1 unspecified atom stereocenters. The molecular weight excluding hydrogens is 865 g/mol. The minimum absolute atomic E-state index is 0.0727. The second-order valence-corrected chi connectivity index (χ2v) is 20.2. The minimum atomic E-state index is -0.772. The minimum Gasteiger partial charge on any atom is -0.462 e. The number of hydrogen-bond acceptors (Lipinski definition) is 6. The van der Waals surface area contributed by atoms with Gasteiger partial charge in [0.2, 0.25) is 0 Å². The molecule has 0 radical (unpaired) electrons. The fourth-order valence-corrected chi connectivity index (χ4v) is 8.71. The number of allylic oxidation sites excluding steroid dienone is 10. The lowest BCUT2D eigenvalue weighted by Gasteiger charge is -2.18. The standard InChI is InChI=1S/C64H114O6/c1-4-7-10-13-16-19-22-23-24-25-26-27-28-29-30-31-32-33-34-35-36-37-38-39-40-41-43-45-48-51-54-57-63(66)69-60-61(59-68-62(65)56-53-50-47-44-21-18-15-12-9-6-3)70-64(67)58-55-52-49-46-42-20-17-14-11-8-5-2/h7,10,14,16-17,19,23-24,26-27,61H,4-6,8-9,11-13,15,18,20-22,25,28-60H2,1-3H3/b10-7-,17-14-,19-16-,24-23-,27-26-. The summed E-state index contributed by atoms with van der Waals surface area (Å²) in [7, 11) is 0. The van der Waals surface area contributed by atoms with Crippen LogP contribution in [-0.2, 0) is 28.6 Å². The van der Waals surface area contributed by atoms with E-state index in [1.807, 2.05) is 0 Å². The zero-order chi connectivity index (χ0) is 50.7. The van der Waals surface area contributed by atoms with Crippen LogP contribution in [0.15, 0.2) is 60.8 Å². The molecule has 0 amide bonds. The molecule has 0 rings (SSSR count). The highest BCUT2D eigenvalue weighted by Gasteiger charge is 2.19. The van der Waals surface area contributed by atoms with Crippen molar-refractivity contribution >= 4 is 17.9 Å². The Morgan fingerprint density at radius 1 is 0.300 bits per heavy atom. The highest BCUT2D eigenvalue weighted by atomic mass is 16.6. The van der Waals surface area contributed by atoms with E-state index in [1.165, 1.54) is 173 Å². The highest BCUT2D eigenvalue weighted by molar-refractivity contribution is 5.71. The molecule has 0 bridgehead atoms. The molecule has 70 heavy (non-hydrogen) atoms. The Bertz CT molecular complexity index is 1260. The summed E-state index contributed by atoms with van der Waals surface area (Å²) in [6.07, 6.45) is 73.9. The average Bonchev–Trinajstić information content (AvgIpc) is 3.36. The molecule has 0 aliphatic carbocycles. The second kappa shape index (κ2) is 58.7. The quantitative estimate of drug-likeness (QED) is 0.0261. The fraction of sp³-hybridized carbons (Fsp3) is 0.797. The first-order valence-electron chi connectivity index (χ1n) is 30.3. The van der Waals surface area contributed by atoms with E-state index >= 15 is 0 Å². The number of carbonyl (C=O) groups is 3. The van der Waals surface area contributed by atoms with E-state index in [4.69, 9.17) is 14.2 Å². The summed E-state index contributed by atoms with van der Waals surface area (Å²) >= 11 is 0. The summed E-state index contributed by atoms with van der Waals surface area (Å²) in [6, 6.07) is 0. The van der Waals surface area contributed by atoms with Crippen LogP contribution in [0.4, 0.5) is 0 Å². The SMILES string of the molecule is CC/C=C\C/C=C\C/C=C\C/C=C\CCCCCCCCCCCCCCCCCCCCC(=O)OCC(COC(=O)CCCCCCCCCCCC)OC(=O)CCCCCCC/C=C\CCCC. The molecule has 6 nitrogen and oxygen atoms in total. The maximum Gasteiger partial charge on any atom is 0.306 e. The van der Waals surface area contributed by atoms with Crippen molar-refractivity contribution < 1.29 is 28.6 Å². The molecule has 0 N–H and O–H groups in total. The first-order valence-corrected chi connectivity index (χ1v) is 30.3. The van der Waals surface area contributed by atoms with E-state index in [2.05, 4.69) is 81.5 Å². The van der Waals surface area contributed by atoms with Crippen LogP contribution in [-0.4, -0.2) is 37.2 Å². The predicted octanol–water partition coefficient (Wildman–Crippen LogP) is 20.4. The number of ether oxygens (including phenoxy) is 3. The Balaban J connectivity index is 4.03. The number of carbonyl (C=O) groups excluding carboxylic acids is 3. The van der Waals surface area contributed by atoms with Gasteiger partial charge in [0.05, 0.1) is 0 Å². The Labute approximate surface area is 434 Å². The van der Waals surface area contributed by atoms with Crippen LogP contribution in [0.2, 0.25) is 0 Å². The molecule has 0 heterocycles. The zero-order valence-corrected chi connectivity index (χ0v) is 46.5. The summed E-state index contributed by atoms with van der Waals surface area (Å²) in [5.74, 6) is -0.871. The molecular formula is C64H114O6. The van der Waals surface area contributed by atoms with E-state index in [9.17, 15) is 14.4 Å². The normalized spacial score (nSPS) is 12.4. The Morgan fingerprint density at radius 2 is 0.571 bits per heavy atom. The third-order valence-corrected chi connectivity index (χ3v) is 13.3. The van der Waals surface area contributed by atoms with Gasteiger partial charge in [-0.05, 0) is 77.0 Å². The van der Waals surface area contributed by atoms with E-state index < -0.39 is 6.10 Å². The van der Waals surface area contributed by atoms with Crippen LogP contribution in [0.3, 0.4) is 0 Å². The maximum absolute atomic E-state index is 12.8. The highest BCUT2D eigenvalue weighted by Crippen LogP contribution is 2.17. The molecule has 0 fully saturated rings. The lowest BCUT2D eigenvalue weighted by atomic mass is 10.0. The number of unbranched alkanes of at least 4 members (excludes halogenated alkanes) is 34. The topological polar surface area (TPSA) is 78.9 Å². The van der Waals surface area contributed by atoms with Gasteiger partial charge in [0.25, 0.3) is 0 Å². The van der Waals surface area contributed by atoms with Gasteiger partial charge < -0.3 is 14.2 Å². The third-order valence-electron chi connectivity index (χ3n) is 13.3. The predicted molar refractivity (Wildman–Crippen MR) is 302 cm³/mol. The smallest absolute Gasteiger partial charge is 0.306 e. The van der Waals surface area contributed by atoms with Crippen molar-refractivity contribution in [3.8, 4) is 0 Å². The average molecular weight is 980 g/mol. The zero-order valence-electron chi connectivity index (χ0n) is 46.5. The summed E-state index contributed by atoms with van der Waals surface area (Å²) < 4.78 is 16.8. The molecule has 0 aromatic heterocycles. The number of rotatable bonds is 55. The molecule has 0 aliphatic heterocycles. The van der Waals surface area contributed by atoms with Crippen LogP contribution < -0.4 is 0 Å². The van der Waals surface area contributed by atoms with Crippen molar-refractivity contribution in [2.45, 2.75) is 316 Å². The van der Waals surface area contributed by atoms with Gasteiger partial charge in [-0.15, -0.1) is 0 Å². The molecule has 0 aromatic rings. The van der Waals surface area contributed by atoms with Crippen LogP contribution in [0.25, 0.3) is 0 Å². The van der Waals surface area contributed by atoms with Crippen molar-refractivity contribution in [1.29, 1.82) is 0 Å². The van der Waals surface area contributed by atoms with E-state index in [1.54, 1.807) is 0 Å². The van der Waals surface area contributed by atoms with Crippen molar-refractivity contribution in [2.24, 2.45) is 0 Å². The number of esters is 3. The fourth-order valence-electron chi connectivity index (χ4n) is 8.71. The van der Waals surface area contributed by atoms with Gasteiger partial charge in [0.15, 0.2) is 6.10 Å². The molecule has 0 aliphatic rings. The van der Waals surface area contributed by atoms with Gasteiger partial charge in [-0.25, -0.2) is 0 Å². The summed E-state index contributed by atoms with van der Waals surface area (Å²) in [5, 5.41) is 0. The molecule has 0 saturated carbocycles. The van der Waals surface area contributed by atoms with Gasteiger partial charge in [-0.2, -0.15) is 0 Å². The van der Waals surface area contributed by atoms with E-state index in [-0.39, 0.29) is 31.1 Å². The molecule has 0 spiro atoms. The van der Waals surface area contributed by atoms with Crippen molar-refractivity contribution in [1.82, 2.24) is 0 Å². The molecule has 406 valence electrons. The maximum atomic E-state index is 12.8. The lowest BCUT2D eigenvalue weighted by Crippen LogP contribution is -2.30. The molecule has 0 aromatic carbocycles. The second-order valence-electron chi connectivity index (χ2n) is 20.2. The first kappa shape index (κ1) is 67.1. The van der Waals surface area contributed by atoms with Crippen LogP contribution in [0, 0.1) is 0 Å². The third kappa shape index (κ3) is 56.0. The van der Waals surface area contributed by atoms with E-state index in [0.717, 1.165) is 96.3 Å². The monoisotopic (exact) mass is 979 g/mol. The van der Waals surface area contributed by atoms with Crippen molar-refractivity contribution in [3.63, 3.8) is 0 Å². The summed E-state index contributed by atoms with van der Waals surface area (Å²) in [4.78, 5) is 38.0. The van der Waals surface area contributed by atoms with Gasteiger partial charge in [0, 0.05) is 19.3 Å². The first-order chi connectivity index (χ1) is 34.5. The van der Waals surface area contributed by atoms with Crippen LogP contribution in [0.5, 0.6) is 0 Å². The Kier molecular flexibility index (Phi) is 56.3.